The molecule has 0 saturated carbocycles. The molecule has 1 saturated heterocycles. The van der Waals surface area contributed by atoms with Crippen molar-refractivity contribution in [1.82, 2.24) is 4.90 Å². The lowest BCUT2D eigenvalue weighted by atomic mass is 9.63. The van der Waals surface area contributed by atoms with Crippen LogP contribution in [0.25, 0.3) is 0 Å². The van der Waals surface area contributed by atoms with Gasteiger partial charge in [0.2, 0.25) is 17.7 Å². The molecule has 0 spiro atoms. The summed E-state index contributed by atoms with van der Waals surface area (Å²) in [5.74, 6) is -1.06. The standard InChI is InChI=1S/C27H34N2O6/c1-7-9-21(10-8-2)35-24(32)18-34-17-22(30)28-20-13-11-19(12-14-20)26(3,4)27(5,6)25(33)29-16-15-23(29)31/h7-14H,1,15-18H2,2-6H3,(H,28,30). The van der Waals surface area contributed by atoms with Gasteiger partial charge in [-0.05, 0) is 36.8 Å². The van der Waals surface area contributed by atoms with Crippen LogP contribution in [0, 0.1) is 5.41 Å². The van der Waals surface area contributed by atoms with E-state index in [4.69, 9.17) is 9.47 Å². The summed E-state index contributed by atoms with van der Waals surface area (Å²) in [5, 5.41) is 2.71. The van der Waals surface area contributed by atoms with E-state index in [1.54, 1.807) is 31.2 Å². The lowest BCUT2D eigenvalue weighted by molar-refractivity contribution is -0.160. The van der Waals surface area contributed by atoms with E-state index < -0.39 is 22.7 Å². The number of likely N-dealkylation sites (tertiary alicyclic amines) is 1. The van der Waals surface area contributed by atoms with Crippen molar-refractivity contribution in [2.45, 2.75) is 46.5 Å². The van der Waals surface area contributed by atoms with E-state index in [-0.39, 0.29) is 25.0 Å². The van der Waals surface area contributed by atoms with Gasteiger partial charge in [0.25, 0.3) is 0 Å². The number of hydrogen-bond donors (Lipinski definition) is 1. The van der Waals surface area contributed by atoms with Crippen LogP contribution in [0.3, 0.4) is 0 Å². The first-order valence-corrected chi connectivity index (χ1v) is 11.4. The van der Waals surface area contributed by atoms with Gasteiger partial charge in [-0.3, -0.25) is 19.3 Å². The molecule has 1 aromatic rings. The highest BCUT2D eigenvalue weighted by atomic mass is 16.6. The van der Waals surface area contributed by atoms with E-state index in [1.165, 1.54) is 17.1 Å². The van der Waals surface area contributed by atoms with Crippen molar-refractivity contribution in [3.63, 3.8) is 0 Å². The predicted octanol–water partition coefficient (Wildman–Crippen LogP) is 3.89. The van der Waals surface area contributed by atoms with Crippen LogP contribution in [0.2, 0.25) is 0 Å². The molecule has 35 heavy (non-hydrogen) atoms. The molecule has 1 aliphatic heterocycles. The molecule has 1 aliphatic rings. The number of carbonyl (C=O) groups is 4. The molecular formula is C27H34N2O6. The molecule has 188 valence electrons. The van der Waals surface area contributed by atoms with E-state index >= 15 is 0 Å². The summed E-state index contributed by atoms with van der Waals surface area (Å²) in [6, 6.07) is 7.16. The number of ether oxygens (including phenoxy) is 2. The second-order valence-electron chi connectivity index (χ2n) is 9.25. The first-order chi connectivity index (χ1) is 16.4. The highest BCUT2D eigenvalue weighted by Gasteiger charge is 2.48. The quantitative estimate of drug-likeness (QED) is 0.222. The molecule has 1 aromatic carbocycles. The zero-order chi connectivity index (χ0) is 26.2. The van der Waals surface area contributed by atoms with Gasteiger partial charge in [-0.2, -0.15) is 0 Å². The number of allylic oxidation sites excluding steroid dienone is 4. The first-order valence-electron chi connectivity index (χ1n) is 11.4. The Hall–Kier alpha value is -3.52. The second kappa shape index (κ2) is 11.8. The van der Waals surface area contributed by atoms with Gasteiger partial charge in [0.05, 0.1) is 5.41 Å². The Morgan fingerprint density at radius 3 is 2.29 bits per heavy atom. The number of nitrogens with zero attached hydrogens (tertiary/aromatic N) is 1. The number of carbonyl (C=O) groups excluding carboxylic acids is 4. The van der Waals surface area contributed by atoms with Gasteiger partial charge >= 0.3 is 5.97 Å². The number of nitrogens with one attached hydrogen (secondary N) is 1. The number of hydrogen-bond acceptors (Lipinski definition) is 6. The summed E-state index contributed by atoms with van der Waals surface area (Å²) in [7, 11) is 0. The van der Waals surface area contributed by atoms with Crippen molar-refractivity contribution in [3.8, 4) is 0 Å². The minimum absolute atomic E-state index is 0.140. The van der Waals surface area contributed by atoms with Gasteiger partial charge in [-0.1, -0.05) is 58.6 Å². The Labute approximate surface area is 206 Å². The summed E-state index contributed by atoms with van der Waals surface area (Å²) in [6.45, 7) is 12.7. The van der Waals surface area contributed by atoms with Crippen LogP contribution in [0.4, 0.5) is 5.69 Å². The van der Waals surface area contributed by atoms with E-state index in [1.807, 2.05) is 39.8 Å². The first kappa shape index (κ1) is 27.7. The molecule has 1 heterocycles. The van der Waals surface area contributed by atoms with Crippen LogP contribution in [0.15, 0.2) is 60.9 Å². The molecule has 3 amide bonds. The molecule has 8 heteroatoms. The van der Waals surface area contributed by atoms with Crippen molar-refractivity contribution in [2.24, 2.45) is 5.41 Å². The molecular weight excluding hydrogens is 448 g/mol. The fraction of sp³-hybridized carbons (Fsp3) is 0.407. The lowest BCUT2D eigenvalue weighted by Crippen LogP contribution is -2.57. The van der Waals surface area contributed by atoms with Crippen molar-refractivity contribution in [3.05, 3.63) is 66.5 Å². The third kappa shape index (κ3) is 6.76. The number of β-lactam (4-membered cyclic amide) rings is 1. The van der Waals surface area contributed by atoms with Crippen LogP contribution in [-0.4, -0.2) is 48.3 Å². The van der Waals surface area contributed by atoms with Crippen LogP contribution in [0.1, 0.15) is 46.6 Å². The Bertz CT molecular complexity index is 1030. The number of rotatable bonds is 11. The molecule has 1 fully saturated rings. The Morgan fingerprint density at radius 1 is 1.11 bits per heavy atom. The molecule has 8 nitrogen and oxygen atoms in total. The van der Waals surface area contributed by atoms with E-state index in [0.717, 1.165) is 5.56 Å². The number of benzene rings is 1. The van der Waals surface area contributed by atoms with E-state index in [9.17, 15) is 19.2 Å². The smallest absolute Gasteiger partial charge is 0.337 e. The zero-order valence-electron chi connectivity index (χ0n) is 21.1. The summed E-state index contributed by atoms with van der Waals surface area (Å²) in [4.78, 5) is 50.1. The third-order valence-electron chi connectivity index (χ3n) is 6.38. The summed E-state index contributed by atoms with van der Waals surface area (Å²) in [6.07, 6.45) is 6.77. The minimum atomic E-state index is -0.816. The fourth-order valence-corrected chi connectivity index (χ4v) is 3.45. The van der Waals surface area contributed by atoms with Crippen molar-refractivity contribution in [2.75, 3.05) is 25.1 Å². The average molecular weight is 483 g/mol. The monoisotopic (exact) mass is 482 g/mol. The number of imide groups is 1. The molecule has 0 atom stereocenters. The van der Waals surface area contributed by atoms with Crippen molar-refractivity contribution in [1.29, 1.82) is 0 Å². The summed E-state index contributed by atoms with van der Waals surface area (Å²) < 4.78 is 10.3. The maximum Gasteiger partial charge on any atom is 0.337 e. The normalized spacial score (nSPS) is 14.5. The van der Waals surface area contributed by atoms with E-state index in [2.05, 4.69) is 11.9 Å². The van der Waals surface area contributed by atoms with Crippen LogP contribution >= 0.6 is 0 Å². The maximum absolute atomic E-state index is 13.0. The number of anilines is 1. The molecule has 0 aromatic heterocycles. The Balaban J connectivity index is 1.91. The highest BCUT2D eigenvalue weighted by molar-refractivity contribution is 6.02. The maximum atomic E-state index is 13.0. The van der Waals surface area contributed by atoms with Gasteiger partial charge < -0.3 is 14.8 Å². The SMILES string of the molecule is C=CC=C(C=CC)OC(=O)COCC(=O)Nc1ccc(C(C)(C)C(C)(C)C(=O)N2CCC2=O)cc1. The molecule has 1 N–H and O–H groups in total. The van der Waals surface area contributed by atoms with E-state index in [0.29, 0.717) is 24.4 Å². The summed E-state index contributed by atoms with van der Waals surface area (Å²) >= 11 is 0. The lowest BCUT2D eigenvalue weighted by Gasteiger charge is -2.45. The van der Waals surface area contributed by atoms with Crippen LogP contribution in [-0.2, 0) is 34.1 Å². The fourth-order valence-electron chi connectivity index (χ4n) is 3.45. The Kier molecular flexibility index (Phi) is 9.31. The number of esters is 1. The Morgan fingerprint density at radius 2 is 1.77 bits per heavy atom. The highest BCUT2D eigenvalue weighted by Crippen LogP contribution is 2.43. The largest absolute Gasteiger partial charge is 0.425 e. The number of amides is 3. The topological polar surface area (TPSA) is 102 Å². The van der Waals surface area contributed by atoms with Gasteiger partial charge in [0.1, 0.15) is 19.0 Å². The molecule has 2 rings (SSSR count). The van der Waals surface area contributed by atoms with Crippen LogP contribution in [0.5, 0.6) is 0 Å². The average Bonchev–Trinajstić information content (AvgIpc) is 2.78. The molecule has 0 radical (unpaired) electrons. The second-order valence-corrected chi connectivity index (χ2v) is 9.25. The molecule has 0 aliphatic carbocycles. The minimum Gasteiger partial charge on any atom is -0.425 e. The summed E-state index contributed by atoms with van der Waals surface area (Å²) in [5.41, 5.74) is 0.0549. The van der Waals surface area contributed by atoms with Crippen LogP contribution < -0.4 is 5.32 Å². The molecule has 0 bridgehead atoms. The molecule has 0 unspecified atom stereocenters. The van der Waals surface area contributed by atoms with Gasteiger partial charge in [-0.15, -0.1) is 0 Å². The zero-order valence-corrected chi connectivity index (χ0v) is 21.1. The van der Waals surface area contributed by atoms with Gasteiger partial charge in [0.15, 0.2) is 0 Å². The third-order valence-corrected chi connectivity index (χ3v) is 6.38. The van der Waals surface area contributed by atoms with Crippen molar-refractivity contribution >= 4 is 29.4 Å². The van der Waals surface area contributed by atoms with Gasteiger partial charge in [-0.25, -0.2) is 4.79 Å². The predicted molar refractivity (Wildman–Crippen MR) is 133 cm³/mol. The van der Waals surface area contributed by atoms with Gasteiger partial charge in [0, 0.05) is 24.1 Å². The van der Waals surface area contributed by atoms with Crippen molar-refractivity contribution < 1.29 is 28.7 Å².